The van der Waals surface area contributed by atoms with Crippen LogP contribution in [0.5, 0.6) is 0 Å². The van der Waals surface area contributed by atoms with E-state index in [1.807, 2.05) is 22.7 Å². The van der Waals surface area contributed by atoms with Crippen molar-refractivity contribution in [3.63, 3.8) is 0 Å². The number of benzene rings is 5. The molecule has 0 aliphatic heterocycles. The smallest absolute Gasteiger partial charge is 0.0534 e. The van der Waals surface area contributed by atoms with Gasteiger partial charge >= 0.3 is 0 Å². The highest BCUT2D eigenvalue weighted by molar-refractivity contribution is 7.30. The summed E-state index contributed by atoms with van der Waals surface area (Å²) in [6, 6.07) is 40.4. The quantitative estimate of drug-likeness (QED) is 0.176. The summed E-state index contributed by atoms with van der Waals surface area (Å²) in [4.78, 5) is 0. The van der Waals surface area contributed by atoms with Crippen LogP contribution in [0.4, 0.5) is 0 Å². The first-order valence-electron chi connectivity index (χ1n) is 16.4. The SMILES string of the molecule is C\C=C(/C=c1\c(=C/C)sc2c1ccc1c3cc(-c4cccc(-c5ccccc5)c4)ccc3sc12)c1cccc(C2(C)C=CC=CC2)c1. The van der Waals surface area contributed by atoms with Crippen molar-refractivity contribution in [2.45, 2.75) is 32.6 Å². The molecule has 2 heteroatoms. The Morgan fingerprint density at radius 1 is 0.660 bits per heavy atom. The fourth-order valence-corrected chi connectivity index (χ4v) is 9.45. The van der Waals surface area contributed by atoms with Gasteiger partial charge in [-0.1, -0.05) is 134 Å². The molecule has 0 amide bonds. The second-order valence-electron chi connectivity index (χ2n) is 12.6. The number of fused-ring (bicyclic) bond motifs is 5. The Balaban J connectivity index is 1.23. The van der Waals surface area contributed by atoms with Gasteiger partial charge in [0.05, 0.1) is 9.40 Å². The molecule has 0 fully saturated rings. The van der Waals surface area contributed by atoms with E-state index >= 15 is 0 Å². The van der Waals surface area contributed by atoms with Gasteiger partial charge in [0.1, 0.15) is 0 Å². The molecule has 1 atom stereocenters. The zero-order valence-corrected chi connectivity index (χ0v) is 28.6. The summed E-state index contributed by atoms with van der Waals surface area (Å²) in [5.41, 5.74) is 8.90. The maximum Gasteiger partial charge on any atom is 0.0534 e. The lowest BCUT2D eigenvalue weighted by Gasteiger charge is -2.27. The monoisotopic (exact) mass is 640 g/mol. The van der Waals surface area contributed by atoms with E-state index in [1.165, 1.54) is 79.0 Å². The summed E-state index contributed by atoms with van der Waals surface area (Å²) in [7, 11) is 0. The third-order valence-corrected chi connectivity index (χ3v) is 12.3. The van der Waals surface area contributed by atoms with Gasteiger partial charge in [0.15, 0.2) is 0 Å². The van der Waals surface area contributed by atoms with Gasteiger partial charge in [0.25, 0.3) is 0 Å². The van der Waals surface area contributed by atoms with Gasteiger partial charge in [-0.05, 0) is 83.5 Å². The number of hydrogen-bond acceptors (Lipinski definition) is 2. The number of rotatable bonds is 5. The summed E-state index contributed by atoms with van der Waals surface area (Å²) in [6.07, 6.45) is 16.9. The van der Waals surface area contributed by atoms with Crippen LogP contribution in [0.15, 0.2) is 140 Å². The van der Waals surface area contributed by atoms with E-state index < -0.39 is 0 Å². The molecule has 1 aliphatic carbocycles. The van der Waals surface area contributed by atoms with E-state index in [0.29, 0.717) is 0 Å². The van der Waals surface area contributed by atoms with E-state index in [1.54, 1.807) is 0 Å². The fraction of sp³-hybridized carbons (Fsp3) is 0.111. The van der Waals surface area contributed by atoms with Gasteiger partial charge in [0, 0.05) is 36.0 Å². The normalized spacial score (nSPS) is 17.5. The first-order valence-corrected chi connectivity index (χ1v) is 18.0. The van der Waals surface area contributed by atoms with Gasteiger partial charge in [0.2, 0.25) is 0 Å². The van der Waals surface area contributed by atoms with E-state index in [9.17, 15) is 0 Å². The maximum absolute atomic E-state index is 2.41. The van der Waals surface area contributed by atoms with E-state index in [2.05, 4.69) is 172 Å². The highest BCUT2D eigenvalue weighted by atomic mass is 32.1. The second kappa shape index (κ2) is 12.1. The largest absolute Gasteiger partial charge is 0.134 e. The molecule has 5 aromatic carbocycles. The fourth-order valence-electron chi connectivity index (χ4n) is 6.96. The van der Waals surface area contributed by atoms with Crippen molar-refractivity contribution in [2.24, 2.45) is 0 Å². The second-order valence-corrected chi connectivity index (χ2v) is 14.7. The number of allylic oxidation sites excluding steroid dienone is 6. The molecular weight excluding hydrogens is 605 g/mol. The number of thiophene rings is 2. The van der Waals surface area contributed by atoms with Gasteiger partial charge in [-0.3, -0.25) is 0 Å². The average molecular weight is 641 g/mol. The molecule has 2 aromatic heterocycles. The molecule has 2 heterocycles. The highest BCUT2D eigenvalue weighted by Gasteiger charge is 2.23. The summed E-state index contributed by atoms with van der Waals surface area (Å²) >= 11 is 3.84. The third kappa shape index (κ3) is 5.32. The molecule has 0 spiro atoms. The Labute approximate surface area is 284 Å². The first-order chi connectivity index (χ1) is 23.0. The van der Waals surface area contributed by atoms with E-state index in [-0.39, 0.29) is 5.41 Å². The van der Waals surface area contributed by atoms with Gasteiger partial charge in [-0.2, -0.15) is 0 Å². The Morgan fingerprint density at radius 3 is 2.19 bits per heavy atom. The summed E-state index contributed by atoms with van der Waals surface area (Å²) in [6.45, 7) is 6.66. The van der Waals surface area contributed by atoms with Gasteiger partial charge in [-0.15, -0.1) is 22.7 Å². The van der Waals surface area contributed by atoms with Crippen LogP contribution in [0, 0.1) is 0 Å². The Bertz CT molecular complexity index is 2520. The van der Waals surface area contributed by atoms with Crippen molar-refractivity contribution in [3.05, 3.63) is 160 Å². The molecule has 1 aliphatic rings. The average Bonchev–Trinajstić information content (AvgIpc) is 3.69. The summed E-state index contributed by atoms with van der Waals surface area (Å²) in [5.74, 6) is 0. The molecular formula is C45H36S2. The minimum Gasteiger partial charge on any atom is -0.134 e. The van der Waals surface area contributed by atoms with Crippen LogP contribution >= 0.6 is 22.7 Å². The predicted molar refractivity (Wildman–Crippen MR) is 210 cm³/mol. The lowest BCUT2D eigenvalue weighted by molar-refractivity contribution is 0.599. The minimum atomic E-state index is 0.0262. The molecule has 1 unspecified atom stereocenters. The maximum atomic E-state index is 2.41. The number of hydrogen-bond donors (Lipinski definition) is 0. The first kappa shape index (κ1) is 29.6. The molecule has 228 valence electrons. The van der Waals surface area contributed by atoms with Gasteiger partial charge < -0.3 is 0 Å². The third-order valence-electron chi connectivity index (χ3n) is 9.65. The van der Waals surface area contributed by atoms with Crippen molar-refractivity contribution in [1.82, 2.24) is 0 Å². The van der Waals surface area contributed by atoms with Crippen LogP contribution in [-0.2, 0) is 5.41 Å². The lowest BCUT2D eigenvalue weighted by atomic mass is 9.76. The molecule has 7 aromatic rings. The van der Waals surface area contributed by atoms with Crippen LogP contribution in [0.2, 0.25) is 0 Å². The molecule has 0 saturated heterocycles. The molecule has 0 saturated carbocycles. The van der Waals surface area contributed by atoms with Crippen LogP contribution in [0.3, 0.4) is 0 Å². The molecule has 0 N–H and O–H groups in total. The summed E-state index contributed by atoms with van der Waals surface area (Å²) in [5, 5.41) is 5.33. The van der Waals surface area contributed by atoms with Crippen LogP contribution < -0.4 is 9.75 Å². The van der Waals surface area contributed by atoms with Crippen molar-refractivity contribution < 1.29 is 0 Å². The zero-order valence-electron chi connectivity index (χ0n) is 27.0. The molecule has 47 heavy (non-hydrogen) atoms. The van der Waals surface area contributed by atoms with Crippen LogP contribution in [0.25, 0.3) is 70.2 Å². The van der Waals surface area contributed by atoms with E-state index in [0.717, 1.165) is 6.42 Å². The summed E-state index contributed by atoms with van der Waals surface area (Å²) < 4.78 is 5.43. The van der Waals surface area contributed by atoms with Gasteiger partial charge in [-0.25, -0.2) is 0 Å². The van der Waals surface area contributed by atoms with Crippen molar-refractivity contribution in [3.8, 4) is 22.3 Å². The molecule has 0 radical (unpaired) electrons. The Morgan fingerprint density at radius 2 is 1.40 bits per heavy atom. The van der Waals surface area contributed by atoms with Crippen LogP contribution in [0.1, 0.15) is 38.3 Å². The standard InChI is InChI=1S/C45H36S2/c1-4-30(34-18-13-19-36(27-34)45(3)24-10-7-11-25-45)28-39-37-21-22-38-40-29-35(20-23-42(40)47-44(38)43(37)46-41(39)5-2)33-17-12-16-32(26-33)31-14-8-6-9-15-31/h4-24,26-29H,25H2,1-3H3/b30-4+,39-28-,41-5+. The Hall–Kier alpha value is -4.76. The Kier molecular flexibility index (Phi) is 7.64. The highest BCUT2D eigenvalue weighted by Crippen LogP contribution is 2.41. The molecule has 8 rings (SSSR count). The van der Waals surface area contributed by atoms with Crippen molar-refractivity contribution in [2.75, 3.05) is 0 Å². The van der Waals surface area contributed by atoms with Crippen LogP contribution in [-0.4, -0.2) is 0 Å². The van der Waals surface area contributed by atoms with Crippen molar-refractivity contribution >= 4 is 70.7 Å². The predicted octanol–water partition coefficient (Wildman–Crippen LogP) is 12.1. The zero-order chi connectivity index (χ0) is 32.0. The topological polar surface area (TPSA) is 0 Å². The molecule has 0 bridgehead atoms. The minimum absolute atomic E-state index is 0.0262. The van der Waals surface area contributed by atoms with E-state index in [4.69, 9.17) is 0 Å². The molecule has 0 nitrogen and oxygen atoms in total. The lowest BCUT2D eigenvalue weighted by Crippen LogP contribution is -2.20. The van der Waals surface area contributed by atoms with Crippen molar-refractivity contribution in [1.29, 1.82) is 0 Å².